The van der Waals surface area contributed by atoms with E-state index in [0.717, 1.165) is 30.6 Å². The quantitative estimate of drug-likeness (QED) is 0.718. The second-order valence-electron chi connectivity index (χ2n) is 7.78. The van der Waals surface area contributed by atoms with Crippen LogP contribution < -0.4 is 4.74 Å². The summed E-state index contributed by atoms with van der Waals surface area (Å²) < 4.78 is 10.5. The molecule has 0 aliphatic carbocycles. The number of nitrogens with zero attached hydrogens (tertiary/aromatic N) is 1. The van der Waals surface area contributed by atoms with Crippen molar-refractivity contribution >= 4 is 5.97 Å². The lowest BCUT2D eigenvalue weighted by Gasteiger charge is -2.52. The number of carbonyl (C=O) groups excluding carboxylic acids is 1. The van der Waals surface area contributed by atoms with Crippen molar-refractivity contribution < 1.29 is 19.1 Å². The van der Waals surface area contributed by atoms with Crippen LogP contribution in [0, 0.1) is 0 Å². The third-order valence-electron chi connectivity index (χ3n) is 4.81. The van der Waals surface area contributed by atoms with Crippen molar-refractivity contribution in [2.75, 3.05) is 13.7 Å². The van der Waals surface area contributed by atoms with E-state index in [-0.39, 0.29) is 17.0 Å². The predicted octanol–water partition coefficient (Wildman–Crippen LogP) is 4.27. The molecule has 0 amide bonds. The van der Waals surface area contributed by atoms with Crippen LogP contribution in [0.25, 0.3) is 0 Å². The monoisotopic (exact) mass is 349 g/mol. The molecule has 1 aliphatic heterocycles. The third-order valence-corrected chi connectivity index (χ3v) is 4.81. The number of carbonyl (C=O) groups is 1. The van der Waals surface area contributed by atoms with Gasteiger partial charge in [0.25, 0.3) is 0 Å². The topological polar surface area (TPSA) is 48.0 Å². The Bertz CT molecular complexity index is 564. The van der Waals surface area contributed by atoms with E-state index in [4.69, 9.17) is 14.3 Å². The van der Waals surface area contributed by atoms with Crippen LogP contribution >= 0.6 is 0 Å². The molecule has 140 valence electrons. The summed E-state index contributed by atoms with van der Waals surface area (Å²) in [6.45, 7) is 10.8. The molecule has 2 rings (SSSR count). The van der Waals surface area contributed by atoms with Gasteiger partial charge >= 0.3 is 5.97 Å². The summed E-state index contributed by atoms with van der Waals surface area (Å²) in [6.07, 6.45) is 2.40. The van der Waals surface area contributed by atoms with Crippen molar-refractivity contribution in [1.29, 1.82) is 0 Å². The van der Waals surface area contributed by atoms with E-state index < -0.39 is 6.10 Å². The van der Waals surface area contributed by atoms with Gasteiger partial charge < -0.3 is 9.47 Å². The number of esters is 1. The maximum absolute atomic E-state index is 12.6. The minimum atomic E-state index is -0.789. The Labute approximate surface area is 151 Å². The van der Waals surface area contributed by atoms with Crippen molar-refractivity contribution in [2.24, 2.45) is 0 Å². The van der Waals surface area contributed by atoms with Crippen LogP contribution in [-0.2, 0) is 14.4 Å². The maximum Gasteiger partial charge on any atom is 0.342 e. The SMILES string of the molecule is CCOC(=O)C(ON1C(C)(C)CCCC1(C)C)c1ccc(OC)cc1. The number of benzene rings is 1. The highest BCUT2D eigenvalue weighted by Crippen LogP contribution is 2.40. The first-order valence-electron chi connectivity index (χ1n) is 8.99. The second-order valence-corrected chi connectivity index (χ2v) is 7.78. The molecule has 1 saturated heterocycles. The molecule has 1 aliphatic rings. The Morgan fingerprint density at radius 2 is 1.68 bits per heavy atom. The summed E-state index contributed by atoms with van der Waals surface area (Å²) in [5.41, 5.74) is 0.453. The Hall–Kier alpha value is -1.59. The summed E-state index contributed by atoms with van der Waals surface area (Å²) in [5.74, 6) is 0.370. The van der Waals surface area contributed by atoms with Gasteiger partial charge in [0.2, 0.25) is 6.10 Å². The van der Waals surface area contributed by atoms with E-state index in [1.54, 1.807) is 14.0 Å². The maximum atomic E-state index is 12.6. The minimum Gasteiger partial charge on any atom is -0.497 e. The molecule has 0 saturated carbocycles. The number of hydrogen-bond donors (Lipinski definition) is 0. The molecular formula is C20H31NO4. The first-order valence-corrected chi connectivity index (χ1v) is 8.99. The second kappa shape index (κ2) is 7.75. The summed E-state index contributed by atoms with van der Waals surface area (Å²) in [6, 6.07) is 7.36. The fraction of sp³-hybridized carbons (Fsp3) is 0.650. The van der Waals surface area contributed by atoms with Gasteiger partial charge in [0.15, 0.2) is 0 Å². The van der Waals surface area contributed by atoms with Gasteiger partial charge in [-0.15, -0.1) is 0 Å². The van der Waals surface area contributed by atoms with Gasteiger partial charge in [-0.3, -0.25) is 4.84 Å². The van der Waals surface area contributed by atoms with E-state index in [1.165, 1.54) is 0 Å². The van der Waals surface area contributed by atoms with Crippen LogP contribution in [0.15, 0.2) is 24.3 Å². The van der Waals surface area contributed by atoms with Crippen molar-refractivity contribution in [3.8, 4) is 5.75 Å². The zero-order valence-electron chi connectivity index (χ0n) is 16.3. The van der Waals surface area contributed by atoms with Gasteiger partial charge in [-0.25, -0.2) is 4.79 Å². The fourth-order valence-electron chi connectivity index (χ4n) is 3.60. The number of hydrogen-bond acceptors (Lipinski definition) is 5. The van der Waals surface area contributed by atoms with Crippen molar-refractivity contribution in [3.63, 3.8) is 0 Å². The van der Waals surface area contributed by atoms with Gasteiger partial charge in [0.05, 0.1) is 13.7 Å². The number of rotatable bonds is 6. The molecule has 0 radical (unpaired) electrons. The Morgan fingerprint density at radius 3 is 2.16 bits per heavy atom. The van der Waals surface area contributed by atoms with E-state index in [2.05, 4.69) is 27.7 Å². The molecule has 1 aromatic carbocycles. The van der Waals surface area contributed by atoms with E-state index in [0.29, 0.717) is 6.61 Å². The normalized spacial score (nSPS) is 20.7. The number of methoxy groups -OCH3 is 1. The lowest BCUT2D eigenvalue weighted by Crippen LogP contribution is -2.58. The summed E-state index contributed by atoms with van der Waals surface area (Å²) in [7, 11) is 1.62. The summed E-state index contributed by atoms with van der Waals surface area (Å²) >= 11 is 0. The Morgan fingerprint density at radius 1 is 1.12 bits per heavy atom. The average Bonchev–Trinajstić information content (AvgIpc) is 2.54. The van der Waals surface area contributed by atoms with Crippen LogP contribution in [0.5, 0.6) is 5.75 Å². The highest BCUT2D eigenvalue weighted by atomic mass is 16.7. The molecule has 0 N–H and O–H groups in total. The molecule has 0 aromatic heterocycles. The minimum absolute atomic E-state index is 0.154. The molecule has 1 heterocycles. The van der Waals surface area contributed by atoms with Crippen LogP contribution in [0.3, 0.4) is 0 Å². The Kier molecular flexibility index (Phi) is 6.12. The van der Waals surface area contributed by atoms with E-state index >= 15 is 0 Å². The van der Waals surface area contributed by atoms with E-state index in [1.807, 2.05) is 29.3 Å². The highest BCUT2D eigenvalue weighted by molar-refractivity contribution is 5.76. The van der Waals surface area contributed by atoms with E-state index in [9.17, 15) is 4.79 Å². The number of ether oxygens (including phenoxy) is 2. The molecule has 0 bridgehead atoms. The van der Waals surface area contributed by atoms with Crippen LogP contribution in [0.2, 0.25) is 0 Å². The first kappa shape index (κ1) is 19.7. The van der Waals surface area contributed by atoms with Crippen molar-refractivity contribution in [2.45, 2.75) is 71.1 Å². The predicted molar refractivity (Wildman–Crippen MR) is 97.3 cm³/mol. The van der Waals surface area contributed by atoms with Gasteiger partial charge in [0, 0.05) is 11.1 Å². The van der Waals surface area contributed by atoms with Crippen LogP contribution in [0.4, 0.5) is 0 Å². The molecule has 1 unspecified atom stereocenters. The molecule has 5 heteroatoms. The summed E-state index contributed by atoms with van der Waals surface area (Å²) in [5, 5.41) is 2.00. The average molecular weight is 349 g/mol. The standard InChI is InChI=1S/C20H31NO4/c1-7-24-18(22)17(15-9-11-16(23-6)12-10-15)25-21-19(2,3)13-8-14-20(21,4)5/h9-12,17H,7-8,13-14H2,1-6H3. The Balaban J connectivity index is 2.33. The molecule has 1 fully saturated rings. The molecule has 5 nitrogen and oxygen atoms in total. The van der Waals surface area contributed by atoms with Gasteiger partial charge in [0.1, 0.15) is 5.75 Å². The lowest BCUT2D eigenvalue weighted by atomic mass is 9.82. The van der Waals surface area contributed by atoms with Crippen molar-refractivity contribution in [3.05, 3.63) is 29.8 Å². The van der Waals surface area contributed by atoms with Crippen LogP contribution in [0.1, 0.15) is 65.5 Å². The zero-order valence-corrected chi connectivity index (χ0v) is 16.3. The van der Waals surface area contributed by atoms with Gasteiger partial charge in [-0.2, -0.15) is 5.06 Å². The fourth-order valence-corrected chi connectivity index (χ4v) is 3.60. The van der Waals surface area contributed by atoms with Gasteiger partial charge in [-0.05, 0) is 71.6 Å². The third kappa shape index (κ3) is 4.53. The summed E-state index contributed by atoms with van der Waals surface area (Å²) in [4.78, 5) is 18.9. The highest BCUT2D eigenvalue weighted by Gasteiger charge is 2.45. The van der Waals surface area contributed by atoms with Gasteiger partial charge in [-0.1, -0.05) is 12.1 Å². The number of hydroxylamine groups is 2. The van der Waals surface area contributed by atoms with Crippen molar-refractivity contribution in [1.82, 2.24) is 5.06 Å². The smallest absolute Gasteiger partial charge is 0.342 e. The lowest BCUT2D eigenvalue weighted by molar-refractivity contribution is -0.304. The molecule has 0 spiro atoms. The largest absolute Gasteiger partial charge is 0.497 e. The zero-order chi connectivity index (χ0) is 18.7. The number of piperidine rings is 1. The molecule has 25 heavy (non-hydrogen) atoms. The molecule has 1 aromatic rings. The first-order chi connectivity index (χ1) is 11.7. The van der Waals surface area contributed by atoms with Crippen LogP contribution in [-0.4, -0.2) is 35.8 Å². The molecular weight excluding hydrogens is 318 g/mol. The molecule has 1 atom stereocenters.